The van der Waals surface area contributed by atoms with E-state index in [1.54, 1.807) is 0 Å². The standard InChI is InChI=1S/C16H18Cl2O/c17-12-6-11-16(15(18)19)10-5-4-9-14(16)13-7-2-1-3-8-13/h1-5,7-8,14H,6,9-12H2. The summed E-state index contributed by atoms with van der Waals surface area (Å²) in [5.74, 6) is 0.726. The van der Waals surface area contributed by atoms with Gasteiger partial charge < -0.3 is 0 Å². The van der Waals surface area contributed by atoms with Crippen LogP contribution in [-0.4, -0.2) is 11.1 Å². The second-order valence-electron chi connectivity index (χ2n) is 5.10. The van der Waals surface area contributed by atoms with Gasteiger partial charge in [-0.2, -0.15) is 0 Å². The van der Waals surface area contributed by atoms with Crippen molar-refractivity contribution in [2.75, 3.05) is 5.88 Å². The van der Waals surface area contributed by atoms with E-state index in [4.69, 9.17) is 23.2 Å². The van der Waals surface area contributed by atoms with E-state index >= 15 is 0 Å². The first kappa shape index (κ1) is 14.6. The molecule has 102 valence electrons. The minimum Gasteiger partial charge on any atom is -0.281 e. The Kier molecular flexibility index (Phi) is 5.06. The van der Waals surface area contributed by atoms with E-state index in [-0.39, 0.29) is 11.2 Å². The molecule has 0 aliphatic heterocycles. The molecule has 0 amide bonds. The topological polar surface area (TPSA) is 17.1 Å². The molecular formula is C16H18Cl2O. The molecule has 19 heavy (non-hydrogen) atoms. The monoisotopic (exact) mass is 296 g/mol. The van der Waals surface area contributed by atoms with Crippen molar-refractivity contribution in [3.8, 4) is 0 Å². The molecule has 2 atom stereocenters. The average molecular weight is 297 g/mol. The number of carbonyl (C=O) groups is 1. The SMILES string of the molecule is O=C(Cl)C1(CCCCl)CC=CCC1c1ccccc1. The minimum atomic E-state index is -0.494. The van der Waals surface area contributed by atoms with Crippen LogP contribution in [0.15, 0.2) is 42.5 Å². The number of alkyl halides is 1. The lowest BCUT2D eigenvalue weighted by atomic mass is 9.64. The van der Waals surface area contributed by atoms with Crippen LogP contribution in [0.3, 0.4) is 0 Å². The highest BCUT2D eigenvalue weighted by atomic mass is 35.5. The molecule has 1 aliphatic carbocycles. The number of rotatable bonds is 5. The van der Waals surface area contributed by atoms with Crippen molar-refractivity contribution in [1.82, 2.24) is 0 Å². The Hall–Kier alpha value is -0.790. The highest BCUT2D eigenvalue weighted by molar-refractivity contribution is 6.64. The van der Waals surface area contributed by atoms with Gasteiger partial charge in [0.15, 0.2) is 0 Å². The lowest BCUT2D eigenvalue weighted by Crippen LogP contribution is -2.36. The number of hydrogen-bond acceptors (Lipinski definition) is 1. The summed E-state index contributed by atoms with van der Waals surface area (Å²) < 4.78 is 0. The summed E-state index contributed by atoms with van der Waals surface area (Å²) in [6, 6.07) is 10.2. The summed E-state index contributed by atoms with van der Waals surface area (Å²) in [4.78, 5) is 12.1. The first-order chi connectivity index (χ1) is 9.20. The third-order valence-electron chi connectivity index (χ3n) is 4.04. The molecule has 0 radical (unpaired) electrons. The smallest absolute Gasteiger partial charge is 0.228 e. The van der Waals surface area contributed by atoms with Gasteiger partial charge in [0.25, 0.3) is 0 Å². The summed E-state index contributed by atoms with van der Waals surface area (Å²) in [5.41, 5.74) is 0.697. The zero-order valence-corrected chi connectivity index (χ0v) is 12.3. The van der Waals surface area contributed by atoms with Gasteiger partial charge in [-0.15, -0.1) is 11.6 Å². The van der Waals surface area contributed by atoms with E-state index in [0.29, 0.717) is 12.3 Å². The fraction of sp³-hybridized carbons (Fsp3) is 0.438. The van der Waals surface area contributed by atoms with Crippen LogP contribution in [0.4, 0.5) is 0 Å². The molecule has 2 unspecified atom stereocenters. The molecule has 1 nitrogen and oxygen atoms in total. The number of halogens is 2. The number of carbonyl (C=O) groups excluding carboxylic acids is 1. The highest BCUT2D eigenvalue weighted by Crippen LogP contribution is 2.49. The van der Waals surface area contributed by atoms with Gasteiger partial charge in [0.05, 0.1) is 5.41 Å². The quantitative estimate of drug-likeness (QED) is 0.429. The number of benzene rings is 1. The molecule has 3 heteroatoms. The number of hydrogen-bond donors (Lipinski definition) is 0. The molecule has 0 N–H and O–H groups in total. The second kappa shape index (κ2) is 6.58. The van der Waals surface area contributed by atoms with Gasteiger partial charge in [0.1, 0.15) is 0 Å². The van der Waals surface area contributed by atoms with Crippen molar-refractivity contribution < 1.29 is 4.79 Å². The van der Waals surface area contributed by atoms with E-state index in [1.807, 2.05) is 18.2 Å². The molecule has 0 fully saturated rings. The Morgan fingerprint density at radius 2 is 2.00 bits per heavy atom. The van der Waals surface area contributed by atoms with Crippen LogP contribution < -0.4 is 0 Å². The van der Waals surface area contributed by atoms with E-state index in [9.17, 15) is 4.79 Å². The van der Waals surface area contributed by atoms with Crippen molar-refractivity contribution in [3.05, 3.63) is 48.0 Å². The Morgan fingerprint density at radius 1 is 1.26 bits per heavy atom. The molecular weight excluding hydrogens is 279 g/mol. The van der Waals surface area contributed by atoms with Crippen molar-refractivity contribution in [1.29, 1.82) is 0 Å². The maximum atomic E-state index is 12.1. The van der Waals surface area contributed by atoms with Crippen LogP contribution in [0.2, 0.25) is 0 Å². The van der Waals surface area contributed by atoms with Crippen LogP contribution in [0, 0.1) is 5.41 Å². The van der Waals surface area contributed by atoms with E-state index in [2.05, 4.69) is 24.3 Å². The summed E-state index contributed by atoms with van der Waals surface area (Å²) in [5, 5.41) is -0.226. The third-order valence-corrected chi connectivity index (χ3v) is 4.68. The van der Waals surface area contributed by atoms with Gasteiger partial charge in [-0.1, -0.05) is 42.5 Å². The van der Waals surface area contributed by atoms with Crippen LogP contribution >= 0.6 is 23.2 Å². The van der Waals surface area contributed by atoms with Crippen molar-refractivity contribution in [2.24, 2.45) is 5.41 Å². The molecule has 1 aromatic rings. The molecule has 0 bridgehead atoms. The third kappa shape index (κ3) is 3.04. The minimum absolute atomic E-state index is 0.159. The van der Waals surface area contributed by atoms with Gasteiger partial charge in [0.2, 0.25) is 5.24 Å². The Morgan fingerprint density at radius 3 is 2.63 bits per heavy atom. The predicted octanol–water partition coefficient (Wildman–Crippen LogP) is 4.89. The predicted molar refractivity (Wildman–Crippen MR) is 80.8 cm³/mol. The maximum absolute atomic E-state index is 12.1. The summed E-state index contributed by atoms with van der Waals surface area (Å²) >= 11 is 11.8. The summed E-state index contributed by atoms with van der Waals surface area (Å²) in [6.07, 6.45) is 7.38. The molecule has 2 rings (SSSR count). The maximum Gasteiger partial charge on any atom is 0.228 e. The van der Waals surface area contributed by atoms with Gasteiger partial charge in [-0.05, 0) is 42.8 Å². The van der Waals surface area contributed by atoms with E-state index in [0.717, 1.165) is 19.3 Å². The van der Waals surface area contributed by atoms with Gasteiger partial charge >= 0.3 is 0 Å². The first-order valence-corrected chi connectivity index (χ1v) is 7.58. The fourth-order valence-corrected chi connectivity index (χ4v) is 3.45. The second-order valence-corrected chi connectivity index (χ2v) is 5.82. The van der Waals surface area contributed by atoms with Crippen LogP contribution in [0.5, 0.6) is 0 Å². The van der Waals surface area contributed by atoms with Gasteiger partial charge in [-0.25, -0.2) is 0 Å². The van der Waals surface area contributed by atoms with E-state index in [1.165, 1.54) is 5.56 Å². The van der Waals surface area contributed by atoms with E-state index < -0.39 is 5.41 Å². The molecule has 0 heterocycles. The van der Waals surface area contributed by atoms with Gasteiger partial charge in [-0.3, -0.25) is 4.79 Å². The largest absolute Gasteiger partial charge is 0.281 e. The van der Waals surface area contributed by atoms with Crippen molar-refractivity contribution >= 4 is 28.4 Å². The van der Waals surface area contributed by atoms with Crippen LogP contribution in [-0.2, 0) is 4.79 Å². The van der Waals surface area contributed by atoms with Gasteiger partial charge in [0, 0.05) is 11.8 Å². The van der Waals surface area contributed by atoms with Crippen LogP contribution in [0.1, 0.15) is 37.2 Å². The molecule has 0 saturated heterocycles. The molecule has 1 aliphatic rings. The Balaban J connectivity index is 2.37. The summed E-state index contributed by atoms with van der Waals surface area (Å²) in [6.45, 7) is 0. The molecule has 0 saturated carbocycles. The molecule has 0 aromatic heterocycles. The first-order valence-electron chi connectivity index (χ1n) is 6.66. The zero-order chi connectivity index (χ0) is 13.7. The lowest BCUT2D eigenvalue weighted by Gasteiger charge is -2.39. The fourth-order valence-electron chi connectivity index (χ4n) is 3.01. The number of allylic oxidation sites excluding steroid dienone is 2. The molecule has 1 aromatic carbocycles. The molecule has 0 spiro atoms. The normalized spacial score (nSPS) is 26.3. The van der Waals surface area contributed by atoms with Crippen LogP contribution in [0.25, 0.3) is 0 Å². The highest BCUT2D eigenvalue weighted by Gasteiger charge is 2.44. The van der Waals surface area contributed by atoms with Crippen molar-refractivity contribution in [2.45, 2.75) is 31.6 Å². The summed E-state index contributed by atoms with van der Waals surface area (Å²) in [7, 11) is 0. The Bertz CT molecular complexity index is 455. The Labute approximate surface area is 124 Å². The lowest BCUT2D eigenvalue weighted by molar-refractivity contribution is -0.122. The average Bonchev–Trinajstić information content (AvgIpc) is 2.46. The zero-order valence-electron chi connectivity index (χ0n) is 10.8. The van der Waals surface area contributed by atoms with Crippen molar-refractivity contribution in [3.63, 3.8) is 0 Å².